The molecular formula is C22H24N2O4. The molecule has 0 fully saturated rings. The standard InChI is InChI=1S/C22H24N2O4/c1-14(2)11-18(24-13-15-5-3-4-6-17(15)22(24)26)21(25)23-16-7-8-19-20(12-16)28-10-9-27-19/h3-8,12,14,18H,9-11,13H2,1-2H3,(H,23,25)/t18-/m1/s1. The molecule has 6 nitrogen and oxygen atoms in total. The smallest absolute Gasteiger partial charge is 0.255 e. The van der Waals surface area contributed by atoms with Gasteiger partial charge in [-0.2, -0.15) is 0 Å². The lowest BCUT2D eigenvalue weighted by molar-refractivity contribution is -0.121. The Kier molecular flexibility index (Phi) is 4.94. The zero-order valence-electron chi connectivity index (χ0n) is 16.1. The average Bonchev–Trinajstić information content (AvgIpc) is 3.02. The fourth-order valence-electron chi connectivity index (χ4n) is 3.70. The van der Waals surface area contributed by atoms with Crippen molar-refractivity contribution < 1.29 is 19.1 Å². The second-order valence-corrected chi connectivity index (χ2v) is 7.58. The molecule has 2 aromatic rings. The normalized spacial score (nSPS) is 16.1. The quantitative estimate of drug-likeness (QED) is 0.863. The lowest BCUT2D eigenvalue weighted by Crippen LogP contribution is -2.45. The summed E-state index contributed by atoms with van der Waals surface area (Å²) in [6.45, 7) is 5.57. The second kappa shape index (κ2) is 7.54. The molecular weight excluding hydrogens is 356 g/mol. The topological polar surface area (TPSA) is 67.9 Å². The number of anilines is 1. The van der Waals surface area contributed by atoms with Crippen LogP contribution in [0.3, 0.4) is 0 Å². The Balaban J connectivity index is 1.55. The first-order valence-corrected chi connectivity index (χ1v) is 9.62. The van der Waals surface area contributed by atoms with E-state index >= 15 is 0 Å². The molecule has 4 rings (SSSR count). The van der Waals surface area contributed by atoms with Gasteiger partial charge in [0.15, 0.2) is 11.5 Å². The third-order valence-electron chi connectivity index (χ3n) is 5.03. The summed E-state index contributed by atoms with van der Waals surface area (Å²) >= 11 is 0. The molecule has 28 heavy (non-hydrogen) atoms. The minimum atomic E-state index is -0.534. The van der Waals surface area contributed by atoms with E-state index in [2.05, 4.69) is 19.2 Å². The number of rotatable bonds is 5. The zero-order chi connectivity index (χ0) is 19.7. The third kappa shape index (κ3) is 3.54. The molecule has 0 aliphatic carbocycles. The Hall–Kier alpha value is -3.02. The molecule has 2 aliphatic heterocycles. The number of carbonyl (C=O) groups is 2. The van der Waals surface area contributed by atoms with E-state index in [0.717, 1.165) is 5.56 Å². The van der Waals surface area contributed by atoms with Gasteiger partial charge in [0.25, 0.3) is 5.91 Å². The van der Waals surface area contributed by atoms with Gasteiger partial charge in [0, 0.05) is 23.9 Å². The van der Waals surface area contributed by atoms with Crippen molar-refractivity contribution in [2.24, 2.45) is 5.92 Å². The number of benzene rings is 2. The molecule has 0 aromatic heterocycles. The summed E-state index contributed by atoms with van der Waals surface area (Å²) in [5.74, 6) is 1.29. The van der Waals surface area contributed by atoms with Gasteiger partial charge in [-0.25, -0.2) is 0 Å². The first kappa shape index (κ1) is 18.3. The third-order valence-corrected chi connectivity index (χ3v) is 5.03. The van der Waals surface area contributed by atoms with E-state index in [1.165, 1.54) is 0 Å². The van der Waals surface area contributed by atoms with Crippen LogP contribution in [0.1, 0.15) is 36.2 Å². The van der Waals surface area contributed by atoms with Gasteiger partial charge in [0.1, 0.15) is 19.3 Å². The second-order valence-electron chi connectivity index (χ2n) is 7.58. The molecule has 2 amide bonds. The monoisotopic (exact) mass is 380 g/mol. The molecule has 1 atom stereocenters. The van der Waals surface area contributed by atoms with E-state index in [-0.39, 0.29) is 17.7 Å². The number of fused-ring (bicyclic) bond motifs is 2. The van der Waals surface area contributed by atoms with Crippen LogP contribution in [-0.4, -0.2) is 36.0 Å². The molecule has 0 saturated carbocycles. The van der Waals surface area contributed by atoms with Crippen molar-refractivity contribution in [1.82, 2.24) is 4.90 Å². The maximum absolute atomic E-state index is 13.1. The van der Waals surface area contributed by atoms with Crippen LogP contribution in [0.2, 0.25) is 0 Å². The summed E-state index contributed by atoms with van der Waals surface area (Å²) < 4.78 is 11.1. The van der Waals surface area contributed by atoms with Crippen LogP contribution in [0.4, 0.5) is 5.69 Å². The van der Waals surface area contributed by atoms with E-state index in [0.29, 0.717) is 48.9 Å². The van der Waals surface area contributed by atoms with E-state index in [1.807, 2.05) is 24.3 Å². The van der Waals surface area contributed by atoms with Gasteiger partial charge >= 0.3 is 0 Å². The summed E-state index contributed by atoms with van der Waals surface area (Å²) in [6.07, 6.45) is 0.593. The van der Waals surface area contributed by atoms with E-state index < -0.39 is 6.04 Å². The number of nitrogens with one attached hydrogen (secondary N) is 1. The summed E-state index contributed by atoms with van der Waals surface area (Å²) in [5.41, 5.74) is 2.28. The predicted molar refractivity (Wildman–Crippen MR) is 106 cm³/mol. The lowest BCUT2D eigenvalue weighted by Gasteiger charge is -2.28. The van der Waals surface area contributed by atoms with Crippen LogP contribution in [0.15, 0.2) is 42.5 Å². The van der Waals surface area contributed by atoms with E-state index in [4.69, 9.17) is 9.47 Å². The largest absolute Gasteiger partial charge is 0.486 e. The van der Waals surface area contributed by atoms with Crippen LogP contribution in [0.5, 0.6) is 11.5 Å². The van der Waals surface area contributed by atoms with Crippen molar-refractivity contribution in [3.63, 3.8) is 0 Å². The van der Waals surface area contributed by atoms with Gasteiger partial charge in [-0.15, -0.1) is 0 Å². The highest BCUT2D eigenvalue weighted by Gasteiger charge is 2.36. The fourth-order valence-corrected chi connectivity index (χ4v) is 3.70. The van der Waals surface area contributed by atoms with Gasteiger partial charge in [-0.05, 0) is 36.1 Å². The van der Waals surface area contributed by atoms with Gasteiger partial charge < -0.3 is 19.7 Å². The van der Waals surface area contributed by atoms with Crippen LogP contribution in [0, 0.1) is 5.92 Å². The molecule has 6 heteroatoms. The minimum absolute atomic E-state index is 0.0847. The van der Waals surface area contributed by atoms with Gasteiger partial charge in [-0.3, -0.25) is 9.59 Å². The summed E-state index contributed by atoms with van der Waals surface area (Å²) in [5, 5.41) is 2.95. The van der Waals surface area contributed by atoms with Crippen LogP contribution >= 0.6 is 0 Å². The van der Waals surface area contributed by atoms with Crippen molar-refractivity contribution in [2.45, 2.75) is 32.9 Å². The number of nitrogens with zero attached hydrogens (tertiary/aromatic N) is 1. The molecule has 0 spiro atoms. The number of carbonyl (C=O) groups excluding carboxylic acids is 2. The van der Waals surface area contributed by atoms with E-state index in [1.54, 1.807) is 23.1 Å². The number of hydrogen-bond acceptors (Lipinski definition) is 4. The highest BCUT2D eigenvalue weighted by atomic mass is 16.6. The number of ether oxygens (including phenoxy) is 2. The van der Waals surface area contributed by atoms with Crippen LogP contribution < -0.4 is 14.8 Å². The van der Waals surface area contributed by atoms with Crippen molar-refractivity contribution in [2.75, 3.05) is 18.5 Å². The van der Waals surface area contributed by atoms with Crippen molar-refractivity contribution in [3.8, 4) is 11.5 Å². The number of hydrogen-bond donors (Lipinski definition) is 1. The maximum atomic E-state index is 13.1. The van der Waals surface area contributed by atoms with Crippen LogP contribution in [-0.2, 0) is 11.3 Å². The number of amides is 2. The van der Waals surface area contributed by atoms with Gasteiger partial charge in [-0.1, -0.05) is 32.0 Å². The molecule has 1 N–H and O–H groups in total. The van der Waals surface area contributed by atoms with Crippen molar-refractivity contribution in [1.29, 1.82) is 0 Å². The summed E-state index contributed by atoms with van der Waals surface area (Å²) in [4.78, 5) is 27.7. The summed E-state index contributed by atoms with van der Waals surface area (Å²) in [7, 11) is 0. The average molecular weight is 380 g/mol. The Labute approximate surface area is 164 Å². The Bertz CT molecular complexity index is 909. The van der Waals surface area contributed by atoms with Gasteiger partial charge in [0.2, 0.25) is 5.91 Å². The molecule has 146 valence electrons. The molecule has 2 aliphatic rings. The summed E-state index contributed by atoms with van der Waals surface area (Å²) in [6, 6.07) is 12.3. The minimum Gasteiger partial charge on any atom is -0.486 e. The highest BCUT2D eigenvalue weighted by molar-refractivity contribution is 6.03. The Morgan fingerprint density at radius 1 is 1.11 bits per heavy atom. The maximum Gasteiger partial charge on any atom is 0.255 e. The zero-order valence-corrected chi connectivity index (χ0v) is 16.1. The predicted octanol–water partition coefficient (Wildman–Crippen LogP) is 3.47. The Morgan fingerprint density at radius 2 is 1.86 bits per heavy atom. The molecule has 0 radical (unpaired) electrons. The SMILES string of the molecule is CC(C)C[C@H](C(=O)Nc1ccc2c(c1)OCCO2)N1Cc2ccccc2C1=O. The lowest BCUT2D eigenvalue weighted by atomic mass is 10.0. The first-order valence-electron chi connectivity index (χ1n) is 9.62. The fraction of sp³-hybridized carbons (Fsp3) is 0.364. The first-order chi connectivity index (χ1) is 13.5. The van der Waals surface area contributed by atoms with Gasteiger partial charge in [0.05, 0.1) is 0 Å². The molecule has 2 aromatic carbocycles. The van der Waals surface area contributed by atoms with Crippen molar-refractivity contribution in [3.05, 3.63) is 53.6 Å². The Morgan fingerprint density at radius 3 is 2.61 bits per heavy atom. The molecule has 0 bridgehead atoms. The van der Waals surface area contributed by atoms with E-state index in [9.17, 15) is 9.59 Å². The van der Waals surface area contributed by atoms with Crippen molar-refractivity contribution >= 4 is 17.5 Å². The highest BCUT2D eigenvalue weighted by Crippen LogP contribution is 2.33. The molecule has 0 saturated heterocycles. The molecule has 0 unspecified atom stereocenters. The van der Waals surface area contributed by atoms with Crippen LogP contribution in [0.25, 0.3) is 0 Å². The molecule has 2 heterocycles.